The van der Waals surface area contributed by atoms with Crippen LogP contribution in [0.1, 0.15) is 51.4 Å². The van der Waals surface area contributed by atoms with Crippen LogP contribution in [-0.2, 0) is 14.4 Å². The number of ether oxygens (including phenoxy) is 1. The molecular formula is C29H22F3N5O6. The molecule has 1 unspecified atom stereocenters. The summed E-state index contributed by atoms with van der Waals surface area (Å²) in [6, 6.07) is 6.91. The second-order valence-corrected chi connectivity index (χ2v) is 10.2. The molecule has 3 aliphatic heterocycles. The molecule has 43 heavy (non-hydrogen) atoms. The third kappa shape index (κ3) is 4.54. The van der Waals surface area contributed by atoms with Gasteiger partial charge in [0.05, 0.1) is 28.2 Å². The van der Waals surface area contributed by atoms with Crippen LogP contribution in [0.4, 0.5) is 30.2 Å². The number of pyridine rings is 1. The summed E-state index contributed by atoms with van der Waals surface area (Å²) in [4.78, 5) is 69.2. The standard InChI is InChI=1S/C29H22F3N5O6/c1-12-8-13(9-17(33-12)26(31)32)22-16(10-19-25(24(22)30)43-11-21(39)36(19)2)34-15-5-3-4-14-23(15)29(42)37(28(14)41)18-6-7-20(38)35-27(18)40/h3-5,8-10,18,26,34H,6-7,11H2,1-2H3,(H,35,38,40). The summed E-state index contributed by atoms with van der Waals surface area (Å²) < 4.78 is 49.0. The van der Waals surface area contributed by atoms with Gasteiger partial charge in [0.25, 0.3) is 24.1 Å². The number of fused-ring (bicyclic) bond motifs is 2. The first-order valence-electron chi connectivity index (χ1n) is 13.1. The Morgan fingerprint density at radius 1 is 1.05 bits per heavy atom. The fourth-order valence-corrected chi connectivity index (χ4v) is 5.47. The highest BCUT2D eigenvalue weighted by atomic mass is 19.3. The van der Waals surface area contributed by atoms with Gasteiger partial charge in [0.15, 0.2) is 18.2 Å². The van der Waals surface area contributed by atoms with Crippen LogP contribution in [0.25, 0.3) is 11.1 Å². The molecule has 3 aliphatic rings. The molecule has 0 spiro atoms. The Hall–Kier alpha value is -5.27. The fourth-order valence-electron chi connectivity index (χ4n) is 5.47. The first kappa shape index (κ1) is 27.9. The number of nitrogens with one attached hydrogen (secondary N) is 2. The van der Waals surface area contributed by atoms with Gasteiger partial charge in [-0.2, -0.15) is 0 Å². The Morgan fingerprint density at radius 2 is 1.81 bits per heavy atom. The van der Waals surface area contributed by atoms with Crippen LogP contribution in [0.5, 0.6) is 5.75 Å². The lowest BCUT2D eigenvalue weighted by Crippen LogP contribution is -2.54. The SMILES string of the molecule is Cc1cc(-c2c(Nc3cccc4c3C(=O)N(C3CCC(=O)NC3=O)C4=O)cc3c(c2F)OCC(=O)N3C)cc(C(F)F)n1. The van der Waals surface area contributed by atoms with E-state index in [0.29, 0.717) is 0 Å². The molecule has 11 nitrogen and oxygen atoms in total. The fraction of sp³-hybridized carbons (Fsp3) is 0.241. The van der Waals surface area contributed by atoms with Crippen LogP contribution in [0, 0.1) is 12.7 Å². The van der Waals surface area contributed by atoms with Crippen molar-refractivity contribution in [2.75, 3.05) is 23.9 Å². The van der Waals surface area contributed by atoms with E-state index in [4.69, 9.17) is 4.74 Å². The van der Waals surface area contributed by atoms with Crippen molar-refractivity contribution in [1.82, 2.24) is 15.2 Å². The molecule has 2 N–H and O–H groups in total. The number of hydrogen-bond donors (Lipinski definition) is 2. The number of piperidine rings is 1. The number of nitrogens with zero attached hydrogens (tertiary/aromatic N) is 3. The number of aromatic nitrogens is 1. The molecule has 0 saturated carbocycles. The Balaban J connectivity index is 1.49. The first-order chi connectivity index (χ1) is 20.5. The van der Waals surface area contributed by atoms with E-state index in [-0.39, 0.29) is 63.6 Å². The normalized spacial score (nSPS) is 18.1. The number of anilines is 3. The maximum absolute atomic E-state index is 16.2. The van der Waals surface area contributed by atoms with Crippen molar-refractivity contribution >= 4 is 46.6 Å². The molecule has 6 rings (SSSR count). The highest BCUT2D eigenvalue weighted by Gasteiger charge is 2.45. The molecule has 1 aromatic heterocycles. The minimum atomic E-state index is -2.95. The average molecular weight is 594 g/mol. The van der Waals surface area contributed by atoms with E-state index in [2.05, 4.69) is 15.6 Å². The molecular weight excluding hydrogens is 571 g/mol. The second kappa shape index (κ2) is 10.2. The third-order valence-corrected chi connectivity index (χ3v) is 7.50. The molecule has 2 aromatic carbocycles. The van der Waals surface area contributed by atoms with Crippen molar-refractivity contribution in [3.8, 4) is 16.9 Å². The molecule has 1 fully saturated rings. The summed E-state index contributed by atoms with van der Waals surface area (Å²) >= 11 is 0. The van der Waals surface area contributed by atoms with Gasteiger partial charge in [0.2, 0.25) is 11.8 Å². The zero-order chi connectivity index (χ0) is 30.7. The second-order valence-electron chi connectivity index (χ2n) is 10.2. The van der Waals surface area contributed by atoms with Gasteiger partial charge >= 0.3 is 0 Å². The van der Waals surface area contributed by atoms with Crippen LogP contribution in [0.3, 0.4) is 0 Å². The van der Waals surface area contributed by atoms with Crippen molar-refractivity contribution in [2.45, 2.75) is 32.2 Å². The van der Waals surface area contributed by atoms with Gasteiger partial charge in [0, 0.05) is 24.7 Å². The summed E-state index contributed by atoms with van der Waals surface area (Å²) in [5.41, 5.74) is -0.662. The van der Waals surface area contributed by atoms with Gasteiger partial charge in [-0.05, 0) is 49.2 Å². The number of hydrogen-bond acceptors (Lipinski definition) is 8. The zero-order valence-corrected chi connectivity index (χ0v) is 22.7. The van der Waals surface area contributed by atoms with E-state index in [0.717, 1.165) is 11.0 Å². The number of aryl methyl sites for hydroxylation is 1. The van der Waals surface area contributed by atoms with E-state index in [1.165, 1.54) is 49.2 Å². The van der Waals surface area contributed by atoms with Gasteiger partial charge in [-0.25, -0.2) is 13.2 Å². The summed E-state index contributed by atoms with van der Waals surface area (Å²) in [6.07, 6.45) is -3.06. The lowest BCUT2D eigenvalue weighted by molar-refractivity contribution is -0.136. The Kier molecular flexibility index (Phi) is 6.63. The largest absolute Gasteiger partial charge is 0.478 e. The van der Waals surface area contributed by atoms with Crippen LogP contribution in [0.15, 0.2) is 36.4 Å². The highest BCUT2D eigenvalue weighted by molar-refractivity contribution is 6.25. The summed E-state index contributed by atoms with van der Waals surface area (Å²) in [7, 11) is 1.41. The van der Waals surface area contributed by atoms with E-state index in [1.807, 2.05) is 0 Å². The van der Waals surface area contributed by atoms with Crippen LogP contribution < -0.4 is 20.3 Å². The molecule has 0 radical (unpaired) electrons. The number of alkyl halides is 2. The van der Waals surface area contributed by atoms with Crippen LogP contribution in [-0.4, -0.2) is 59.1 Å². The molecule has 3 aromatic rings. The van der Waals surface area contributed by atoms with Gasteiger partial charge in [-0.3, -0.25) is 39.2 Å². The van der Waals surface area contributed by atoms with Gasteiger partial charge in [0.1, 0.15) is 11.7 Å². The lowest BCUT2D eigenvalue weighted by atomic mass is 9.98. The van der Waals surface area contributed by atoms with E-state index < -0.39 is 60.1 Å². The number of carbonyl (C=O) groups is 5. The first-order valence-corrected chi connectivity index (χ1v) is 13.1. The molecule has 1 saturated heterocycles. The van der Waals surface area contributed by atoms with Crippen molar-refractivity contribution in [3.05, 3.63) is 64.7 Å². The molecule has 0 aliphatic carbocycles. The van der Waals surface area contributed by atoms with Gasteiger partial charge in [-0.15, -0.1) is 0 Å². The van der Waals surface area contributed by atoms with E-state index in [1.54, 1.807) is 0 Å². The van der Waals surface area contributed by atoms with E-state index in [9.17, 15) is 32.8 Å². The van der Waals surface area contributed by atoms with E-state index >= 15 is 4.39 Å². The van der Waals surface area contributed by atoms with Crippen LogP contribution >= 0.6 is 0 Å². The highest BCUT2D eigenvalue weighted by Crippen LogP contribution is 2.46. The summed E-state index contributed by atoms with van der Waals surface area (Å²) in [5.74, 6) is -4.56. The topological polar surface area (TPSA) is 138 Å². The number of likely N-dealkylation sites (N-methyl/N-ethyl adjacent to an activating group) is 1. The maximum atomic E-state index is 16.2. The number of benzene rings is 2. The third-order valence-electron chi connectivity index (χ3n) is 7.50. The number of imide groups is 2. The predicted octanol–water partition coefficient (Wildman–Crippen LogP) is 3.63. The average Bonchev–Trinajstić information content (AvgIpc) is 3.21. The van der Waals surface area contributed by atoms with Crippen molar-refractivity contribution in [3.63, 3.8) is 0 Å². The van der Waals surface area contributed by atoms with Gasteiger partial charge < -0.3 is 15.0 Å². The molecule has 5 amide bonds. The number of halogens is 3. The quantitative estimate of drug-likeness (QED) is 0.428. The molecule has 4 heterocycles. The van der Waals surface area contributed by atoms with Gasteiger partial charge in [-0.1, -0.05) is 6.07 Å². The monoisotopic (exact) mass is 593 g/mol. The molecule has 1 atom stereocenters. The Labute approximate surface area is 241 Å². The van der Waals surface area contributed by atoms with Crippen molar-refractivity contribution in [1.29, 1.82) is 0 Å². The smallest absolute Gasteiger partial charge is 0.280 e. The lowest BCUT2D eigenvalue weighted by Gasteiger charge is -2.29. The maximum Gasteiger partial charge on any atom is 0.280 e. The predicted molar refractivity (Wildman–Crippen MR) is 145 cm³/mol. The molecule has 220 valence electrons. The number of carbonyl (C=O) groups excluding carboxylic acids is 5. The summed E-state index contributed by atoms with van der Waals surface area (Å²) in [5, 5.41) is 5.09. The number of rotatable bonds is 5. The number of amides is 5. The van der Waals surface area contributed by atoms with Crippen LogP contribution in [0.2, 0.25) is 0 Å². The molecule has 0 bridgehead atoms. The Morgan fingerprint density at radius 3 is 2.53 bits per heavy atom. The minimum absolute atomic E-state index is 0.0221. The minimum Gasteiger partial charge on any atom is -0.478 e. The molecule has 14 heteroatoms. The zero-order valence-electron chi connectivity index (χ0n) is 22.7. The van der Waals surface area contributed by atoms with Crippen molar-refractivity contribution in [2.24, 2.45) is 0 Å². The summed E-state index contributed by atoms with van der Waals surface area (Å²) in [6.45, 7) is 1.03. The van der Waals surface area contributed by atoms with Crippen molar-refractivity contribution < 1.29 is 41.9 Å². The Bertz CT molecular complexity index is 1780.